The summed E-state index contributed by atoms with van der Waals surface area (Å²) in [6.07, 6.45) is 3.86. The molecule has 1 saturated heterocycles. The van der Waals surface area contributed by atoms with Gasteiger partial charge in [0, 0.05) is 18.6 Å². The summed E-state index contributed by atoms with van der Waals surface area (Å²) in [6.45, 7) is 7.35. The number of piperidine rings is 1. The van der Waals surface area contributed by atoms with Crippen LogP contribution in [0.2, 0.25) is 0 Å². The van der Waals surface area contributed by atoms with Gasteiger partial charge < -0.3 is 5.73 Å². The first-order valence-corrected chi connectivity index (χ1v) is 7.43. The van der Waals surface area contributed by atoms with Crippen molar-refractivity contribution in [3.8, 4) is 0 Å². The lowest BCUT2D eigenvalue weighted by atomic mass is 9.99. The van der Waals surface area contributed by atoms with Gasteiger partial charge in [-0.25, -0.2) is 10.4 Å². The fourth-order valence-corrected chi connectivity index (χ4v) is 3.01. The van der Waals surface area contributed by atoms with Crippen LogP contribution in [-0.2, 0) is 0 Å². The Morgan fingerprint density at radius 3 is 2.58 bits per heavy atom. The Bertz CT molecular complexity index is 395. The molecule has 1 aromatic rings. The summed E-state index contributed by atoms with van der Waals surface area (Å²) in [7, 11) is 0. The van der Waals surface area contributed by atoms with E-state index in [0.717, 1.165) is 0 Å². The van der Waals surface area contributed by atoms with E-state index >= 15 is 0 Å². The first-order valence-electron chi connectivity index (χ1n) is 7.43. The van der Waals surface area contributed by atoms with E-state index in [9.17, 15) is 0 Å². The smallest absolute Gasteiger partial charge is 0.0587 e. The van der Waals surface area contributed by atoms with Crippen molar-refractivity contribution in [2.24, 2.45) is 5.73 Å². The molecule has 3 nitrogen and oxygen atoms in total. The molecule has 3 heteroatoms. The molecule has 0 bridgehead atoms. The molecule has 0 saturated carbocycles. The zero-order valence-corrected chi connectivity index (χ0v) is 12.4. The summed E-state index contributed by atoms with van der Waals surface area (Å²) in [4.78, 5) is 0. The second-order valence-electron chi connectivity index (χ2n) is 5.87. The Morgan fingerprint density at radius 2 is 2.00 bits per heavy atom. The monoisotopic (exact) mass is 261 g/mol. The normalized spacial score (nSPS) is 26.3. The number of rotatable bonds is 4. The summed E-state index contributed by atoms with van der Waals surface area (Å²) in [5.41, 5.74) is 12.2. The molecule has 106 valence electrons. The standard InChI is InChI=1S/C16H27N3/c1-12-6-4-9-15(10-12)16(11-17)18-19-13(2)7-5-8-14(19)3/h4,6,9-10,13-14,16,18H,5,7-8,11,17H2,1-3H3. The van der Waals surface area contributed by atoms with E-state index in [-0.39, 0.29) is 6.04 Å². The van der Waals surface area contributed by atoms with Gasteiger partial charge in [-0.2, -0.15) is 0 Å². The van der Waals surface area contributed by atoms with Crippen molar-refractivity contribution in [1.82, 2.24) is 10.4 Å². The molecule has 0 aliphatic carbocycles. The van der Waals surface area contributed by atoms with Crippen LogP contribution >= 0.6 is 0 Å². The maximum absolute atomic E-state index is 5.97. The van der Waals surface area contributed by atoms with Crippen molar-refractivity contribution >= 4 is 0 Å². The van der Waals surface area contributed by atoms with Crippen LogP contribution in [0.4, 0.5) is 0 Å². The summed E-state index contributed by atoms with van der Waals surface area (Å²) in [5.74, 6) is 0. The minimum Gasteiger partial charge on any atom is -0.329 e. The minimum atomic E-state index is 0.211. The SMILES string of the molecule is Cc1cccc(C(CN)NN2C(C)CCCC2C)c1. The van der Waals surface area contributed by atoms with Crippen molar-refractivity contribution in [2.45, 2.75) is 58.2 Å². The van der Waals surface area contributed by atoms with E-state index in [0.29, 0.717) is 18.6 Å². The molecule has 19 heavy (non-hydrogen) atoms. The fraction of sp³-hybridized carbons (Fsp3) is 0.625. The Kier molecular flexibility index (Phi) is 4.97. The number of aryl methyl sites for hydroxylation is 1. The van der Waals surface area contributed by atoms with Gasteiger partial charge in [-0.3, -0.25) is 0 Å². The second-order valence-corrected chi connectivity index (χ2v) is 5.87. The van der Waals surface area contributed by atoms with Gasteiger partial charge in [-0.05, 0) is 39.2 Å². The average molecular weight is 261 g/mol. The summed E-state index contributed by atoms with van der Waals surface area (Å²) < 4.78 is 0. The van der Waals surface area contributed by atoms with E-state index in [1.165, 1.54) is 30.4 Å². The van der Waals surface area contributed by atoms with Crippen LogP contribution in [0.1, 0.15) is 50.3 Å². The summed E-state index contributed by atoms with van der Waals surface area (Å²) >= 11 is 0. The van der Waals surface area contributed by atoms with Crippen molar-refractivity contribution in [2.75, 3.05) is 6.54 Å². The lowest BCUT2D eigenvalue weighted by Crippen LogP contribution is -2.54. The number of hydrazine groups is 1. The van der Waals surface area contributed by atoms with Crippen molar-refractivity contribution in [1.29, 1.82) is 0 Å². The van der Waals surface area contributed by atoms with Crippen LogP contribution in [0.3, 0.4) is 0 Å². The Morgan fingerprint density at radius 1 is 1.32 bits per heavy atom. The molecule has 3 atom stereocenters. The van der Waals surface area contributed by atoms with Gasteiger partial charge >= 0.3 is 0 Å². The van der Waals surface area contributed by atoms with Gasteiger partial charge in [0.25, 0.3) is 0 Å². The van der Waals surface area contributed by atoms with E-state index in [1.807, 2.05) is 0 Å². The molecule has 1 aliphatic heterocycles. The highest BCUT2D eigenvalue weighted by molar-refractivity contribution is 5.25. The second kappa shape index (κ2) is 6.51. The van der Waals surface area contributed by atoms with Crippen molar-refractivity contribution < 1.29 is 0 Å². The number of benzene rings is 1. The van der Waals surface area contributed by atoms with Gasteiger partial charge in [0.15, 0.2) is 0 Å². The van der Waals surface area contributed by atoms with Crippen LogP contribution < -0.4 is 11.2 Å². The molecular formula is C16H27N3. The molecule has 1 heterocycles. The van der Waals surface area contributed by atoms with Crippen LogP contribution in [-0.4, -0.2) is 23.6 Å². The van der Waals surface area contributed by atoms with Crippen LogP contribution in [0.15, 0.2) is 24.3 Å². The number of hydrogen-bond acceptors (Lipinski definition) is 3. The number of nitrogens with one attached hydrogen (secondary N) is 1. The maximum Gasteiger partial charge on any atom is 0.0587 e. The molecule has 0 aromatic heterocycles. The lowest BCUT2D eigenvalue weighted by Gasteiger charge is -2.41. The molecule has 1 fully saturated rings. The molecule has 2 rings (SSSR count). The Hall–Kier alpha value is -0.900. The zero-order chi connectivity index (χ0) is 13.8. The quantitative estimate of drug-likeness (QED) is 0.875. The highest BCUT2D eigenvalue weighted by Crippen LogP contribution is 2.23. The van der Waals surface area contributed by atoms with Crippen molar-refractivity contribution in [3.05, 3.63) is 35.4 Å². The third-order valence-corrected chi connectivity index (χ3v) is 4.18. The first-order chi connectivity index (χ1) is 9.11. The summed E-state index contributed by atoms with van der Waals surface area (Å²) in [6, 6.07) is 10.0. The van der Waals surface area contributed by atoms with E-state index < -0.39 is 0 Å². The molecule has 1 aliphatic rings. The maximum atomic E-state index is 5.97. The van der Waals surface area contributed by atoms with Gasteiger partial charge in [0.1, 0.15) is 0 Å². The third kappa shape index (κ3) is 3.56. The van der Waals surface area contributed by atoms with Gasteiger partial charge in [-0.15, -0.1) is 0 Å². The van der Waals surface area contributed by atoms with Crippen molar-refractivity contribution in [3.63, 3.8) is 0 Å². The Balaban J connectivity index is 2.10. The zero-order valence-electron chi connectivity index (χ0n) is 12.4. The number of nitrogens with zero attached hydrogens (tertiary/aromatic N) is 1. The molecular weight excluding hydrogens is 234 g/mol. The molecule has 0 amide bonds. The van der Waals surface area contributed by atoms with Crippen LogP contribution in [0.5, 0.6) is 0 Å². The molecule has 3 N–H and O–H groups in total. The molecule has 3 unspecified atom stereocenters. The predicted molar refractivity (Wildman–Crippen MR) is 80.7 cm³/mol. The van der Waals surface area contributed by atoms with E-state index in [4.69, 9.17) is 5.73 Å². The molecule has 1 aromatic carbocycles. The topological polar surface area (TPSA) is 41.3 Å². The van der Waals surface area contributed by atoms with Gasteiger partial charge in [-0.1, -0.05) is 36.2 Å². The fourth-order valence-electron chi connectivity index (χ4n) is 3.01. The minimum absolute atomic E-state index is 0.211. The van der Waals surface area contributed by atoms with Gasteiger partial charge in [0.05, 0.1) is 6.04 Å². The predicted octanol–water partition coefficient (Wildman–Crippen LogP) is 2.76. The molecule has 0 radical (unpaired) electrons. The van der Waals surface area contributed by atoms with Crippen LogP contribution in [0, 0.1) is 6.92 Å². The number of hydrogen-bond donors (Lipinski definition) is 2. The summed E-state index contributed by atoms with van der Waals surface area (Å²) in [5, 5.41) is 2.41. The lowest BCUT2D eigenvalue weighted by molar-refractivity contribution is 0.0304. The third-order valence-electron chi connectivity index (χ3n) is 4.18. The highest BCUT2D eigenvalue weighted by Gasteiger charge is 2.26. The van der Waals surface area contributed by atoms with E-state index in [2.05, 4.69) is 55.5 Å². The first kappa shape index (κ1) is 14.5. The Labute approximate surface area is 117 Å². The average Bonchev–Trinajstić information content (AvgIpc) is 2.38. The number of nitrogens with two attached hydrogens (primary N) is 1. The van der Waals surface area contributed by atoms with E-state index in [1.54, 1.807) is 0 Å². The largest absolute Gasteiger partial charge is 0.329 e. The van der Waals surface area contributed by atoms with Gasteiger partial charge in [0.2, 0.25) is 0 Å². The molecule has 0 spiro atoms. The highest BCUT2D eigenvalue weighted by atomic mass is 15.5. The van der Waals surface area contributed by atoms with Crippen LogP contribution in [0.25, 0.3) is 0 Å².